The number of aromatic nitrogens is 2. The summed E-state index contributed by atoms with van der Waals surface area (Å²) in [6.45, 7) is 1.97. The molecule has 0 aliphatic heterocycles. The molecule has 0 bridgehead atoms. The number of aliphatic hydroxyl groups is 1. The van der Waals surface area contributed by atoms with Crippen molar-refractivity contribution in [1.29, 1.82) is 0 Å². The average Bonchev–Trinajstić information content (AvgIpc) is 2.78. The molecule has 0 aliphatic carbocycles. The zero-order valence-corrected chi connectivity index (χ0v) is 11.0. The van der Waals surface area contributed by atoms with Crippen molar-refractivity contribution >= 4 is 10.8 Å². The SMILES string of the molecule is Cc1c(C(O)c2cccc3ccccc23)cnn1C. The maximum atomic E-state index is 10.6. The molecule has 0 fully saturated rings. The lowest BCUT2D eigenvalue weighted by atomic mass is 9.96. The molecule has 1 unspecified atom stereocenters. The molecule has 0 aliphatic rings. The fourth-order valence-electron chi connectivity index (χ4n) is 2.44. The molecule has 3 heteroatoms. The normalized spacial score (nSPS) is 12.8. The van der Waals surface area contributed by atoms with Gasteiger partial charge in [0.25, 0.3) is 0 Å². The number of rotatable bonds is 2. The Labute approximate surface area is 112 Å². The molecule has 1 atom stereocenters. The Morgan fingerprint density at radius 2 is 1.79 bits per heavy atom. The van der Waals surface area contributed by atoms with Gasteiger partial charge in [-0.25, -0.2) is 0 Å². The lowest BCUT2D eigenvalue weighted by Crippen LogP contribution is -2.02. The Kier molecular flexibility index (Phi) is 2.84. The van der Waals surface area contributed by atoms with Crippen molar-refractivity contribution in [3.05, 3.63) is 65.5 Å². The number of nitrogens with zero attached hydrogens (tertiary/aromatic N) is 2. The minimum Gasteiger partial charge on any atom is -0.384 e. The molecule has 3 rings (SSSR count). The van der Waals surface area contributed by atoms with E-state index >= 15 is 0 Å². The maximum absolute atomic E-state index is 10.6. The third kappa shape index (κ3) is 1.92. The van der Waals surface area contributed by atoms with E-state index in [2.05, 4.69) is 17.2 Å². The van der Waals surface area contributed by atoms with Crippen LogP contribution in [0.5, 0.6) is 0 Å². The van der Waals surface area contributed by atoms with Crippen molar-refractivity contribution in [2.75, 3.05) is 0 Å². The van der Waals surface area contributed by atoms with Crippen molar-refractivity contribution in [2.24, 2.45) is 7.05 Å². The van der Waals surface area contributed by atoms with Gasteiger partial charge in [-0.1, -0.05) is 42.5 Å². The highest BCUT2D eigenvalue weighted by atomic mass is 16.3. The highest BCUT2D eigenvalue weighted by Gasteiger charge is 2.17. The van der Waals surface area contributed by atoms with Crippen molar-refractivity contribution < 1.29 is 5.11 Å². The summed E-state index contributed by atoms with van der Waals surface area (Å²) in [6.07, 6.45) is 1.10. The van der Waals surface area contributed by atoms with Crippen LogP contribution in [0.15, 0.2) is 48.7 Å². The van der Waals surface area contributed by atoms with E-state index in [1.54, 1.807) is 10.9 Å². The number of aliphatic hydroxyl groups excluding tert-OH is 1. The molecule has 0 radical (unpaired) electrons. The van der Waals surface area contributed by atoms with Crippen LogP contribution in [0, 0.1) is 6.92 Å². The van der Waals surface area contributed by atoms with E-state index in [0.29, 0.717) is 0 Å². The van der Waals surface area contributed by atoms with Gasteiger partial charge in [-0.3, -0.25) is 4.68 Å². The molecular formula is C16H16N2O. The molecule has 0 spiro atoms. The number of hydrogen-bond donors (Lipinski definition) is 1. The third-order valence-electron chi connectivity index (χ3n) is 3.69. The van der Waals surface area contributed by atoms with Crippen LogP contribution in [-0.4, -0.2) is 14.9 Å². The molecule has 0 saturated carbocycles. The van der Waals surface area contributed by atoms with Crippen molar-refractivity contribution in [3.63, 3.8) is 0 Å². The van der Waals surface area contributed by atoms with Crippen molar-refractivity contribution in [1.82, 2.24) is 9.78 Å². The van der Waals surface area contributed by atoms with Gasteiger partial charge in [0.1, 0.15) is 6.10 Å². The van der Waals surface area contributed by atoms with Crippen LogP contribution >= 0.6 is 0 Å². The standard InChI is InChI=1S/C16H16N2O/c1-11-15(10-17-18(11)2)16(19)14-9-5-7-12-6-3-4-8-13(12)14/h3-10,16,19H,1-2H3. The van der Waals surface area contributed by atoms with Gasteiger partial charge in [0.05, 0.1) is 6.20 Å². The first-order valence-electron chi connectivity index (χ1n) is 6.32. The predicted molar refractivity (Wildman–Crippen MR) is 76.0 cm³/mol. The fraction of sp³-hybridized carbons (Fsp3) is 0.188. The average molecular weight is 252 g/mol. The molecule has 1 N–H and O–H groups in total. The van der Waals surface area contributed by atoms with Gasteiger partial charge in [-0.05, 0) is 23.3 Å². The van der Waals surface area contributed by atoms with Crippen LogP contribution in [0.2, 0.25) is 0 Å². The number of hydrogen-bond acceptors (Lipinski definition) is 2. The van der Waals surface area contributed by atoms with Crippen LogP contribution < -0.4 is 0 Å². The largest absolute Gasteiger partial charge is 0.384 e. The summed E-state index contributed by atoms with van der Waals surface area (Å²) in [5.74, 6) is 0. The van der Waals surface area contributed by atoms with E-state index in [1.165, 1.54) is 0 Å². The third-order valence-corrected chi connectivity index (χ3v) is 3.69. The molecule has 2 aromatic carbocycles. The minimum atomic E-state index is -0.639. The lowest BCUT2D eigenvalue weighted by molar-refractivity contribution is 0.221. The van der Waals surface area contributed by atoms with Crippen molar-refractivity contribution in [3.8, 4) is 0 Å². The van der Waals surface area contributed by atoms with Gasteiger partial charge in [-0.2, -0.15) is 5.10 Å². The summed E-state index contributed by atoms with van der Waals surface area (Å²) in [4.78, 5) is 0. The first-order valence-corrected chi connectivity index (χ1v) is 6.32. The van der Waals surface area contributed by atoms with E-state index < -0.39 is 6.10 Å². The van der Waals surface area contributed by atoms with E-state index in [1.807, 2.05) is 44.3 Å². The second-order valence-corrected chi connectivity index (χ2v) is 4.78. The fourth-order valence-corrected chi connectivity index (χ4v) is 2.44. The molecule has 0 saturated heterocycles. The molecule has 3 nitrogen and oxygen atoms in total. The van der Waals surface area contributed by atoms with Gasteiger partial charge in [0.15, 0.2) is 0 Å². The zero-order valence-electron chi connectivity index (χ0n) is 11.0. The van der Waals surface area contributed by atoms with Gasteiger partial charge >= 0.3 is 0 Å². The first-order chi connectivity index (χ1) is 9.18. The predicted octanol–water partition coefficient (Wildman–Crippen LogP) is 2.96. The highest BCUT2D eigenvalue weighted by Crippen LogP contribution is 2.30. The summed E-state index contributed by atoms with van der Waals surface area (Å²) < 4.78 is 1.78. The summed E-state index contributed by atoms with van der Waals surface area (Å²) in [7, 11) is 1.88. The number of aryl methyl sites for hydroxylation is 1. The van der Waals surface area contributed by atoms with Crippen LogP contribution in [0.1, 0.15) is 22.9 Å². The Morgan fingerprint density at radius 1 is 1.05 bits per heavy atom. The second kappa shape index (κ2) is 4.52. The zero-order chi connectivity index (χ0) is 13.4. The van der Waals surface area contributed by atoms with E-state index in [4.69, 9.17) is 0 Å². The van der Waals surface area contributed by atoms with Gasteiger partial charge < -0.3 is 5.11 Å². The maximum Gasteiger partial charge on any atom is 0.108 e. The van der Waals surface area contributed by atoms with Crippen LogP contribution in [0.4, 0.5) is 0 Å². The smallest absolute Gasteiger partial charge is 0.108 e. The molecule has 3 aromatic rings. The number of benzene rings is 2. The molecular weight excluding hydrogens is 236 g/mol. The molecule has 0 amide bonds. The first kappa shape index (κ1) is 11.9. The highest BCUT2D eigenvalue weighted by molar-refractivity contribution is 5.86. The van der Waals surface area contributed by atoms with Gasteiger partial charge in [0.2, 0.25) is 0 Å². The molecule has 96 valence electrons. The van der Waals surface area contributed by atoms with Gasteiger partial charge in [-0.15, -0.1) is 0 Å². The van der Waals surface area contributed by atoms with Crippen LogP contribution in [0.25, 0.3) is 10.8 Å². The quantitative estimate of drug-likeness (QED) is 0.761. The van der Waals surface area contributed by atoms with Crippen LogP contribution in [-0.2, 0) is 7.05 Å². The summed E-state index contributed by atoms with van der Waals surface area (Å²) >= 11 is 0. The van der Waals surface area contributed by atoms with Crippen molar-refractivity contribution in [2.45, 2.75) is 13.0 Å². The number of fused-ring (bicyclic) bond motifs is 1. The molecule has 1 aromatic heterocycles. The summed E-state index contributed by atoms with van der Waals surface area (Å²) in [5, 5.41) is 17.1. The second-order valence-electron chi connectivity index (χ2n) is 4.78. The van der Waals surface area contributed by atoms with E-state index in [9.17, 15) is 5.11 Å². The Bertz CT molecular complexity index is 725. The van der Waals surface area contributed by atoms with Crippen LogP contribution in [0.3, 0.4) is 0 Å². The van der Waals surface area contributed by atoms with E-state index in [0.717, 1.165) is 27.6 Å². The Morgan fingerprint density at radius 3 is 2.53 bits per heavy atom. The Balaban J connectivity index is 2.17. The topological polar surface area (TPSA) is 38.1 Å². The minimum absolute atomic E-state index is 0.639. The van der Waals surface area contributed by atoms with Gasteiger partial charge in [0, 0.05) is 18.3 Å². The summed E-state index contributed by atoms with van der Waals surface area (Å²) in [5.41, 5.74) is 2.77. The molecule has 1 heterocycles. The lowest BCUT2D eigenvalue weighted by Gasteiger charge is -2.13. The Hall–Kier alpha value is -2.13. The monoisotopic (exact) mass is 252 g/mol. The molecule has 19 heavy (non-hydrogen) atoms. The summed E-state index contributed by atoms with van der Waals surface area (Å²) in [6, 6.07) is 14.1. The van der Waals surface area contributed by atoms with E-state index in [-0.39, 0.29) is 0 Å².